The maximum Gasteiger partial charge on any atom is 0.0307 e. The van der Waals surface area contributed by atoms with Gasteiger partial charge in [0.15, 0.2) is 0 Å². The monoisotopic (exact) mass is 314 g/mol. The van der Waals surface area contributed by atoms with E-state index < -0.39 is 0 Å². The molecule has 2 nitrogen and oxygen atoms in total. The van der Waals surface area contributed by atoms with Crippen molar-refractivity contribution in [2.75, 3.05) is 5.75 Å². The summed E-state index contributed by atoms with van der Waals surface area (Å²) in [5, 5.41) is 0. The van der Waals surface area contributed by atoms with Gasteiger partial charge in [-0.15, -0.1) is 18.3 Å². The van der Waals surface area contributed by atoms with Crippen molar-refractivity contribution in [2.45, 2.75) is 30.7 Å². The van der Waals surface area contributed by atoms with E-state index in [0.717, 1.165) is 23.1 Å². The molecule has 0 aromatic heterocycles. The van der Waals surface area contributed by atoms with Crippen molar-refractivity contribution in [1.29, 1.82) is 0 Å². The third-order valence-electron chi connectivity index (χ3n) is 2.40. The Kier molecular flexibility index (Phi) is 6.89. The Morgan fingerprint density at radius 1 is 1.59 bits per heavy atom. The van der Waals surface area contributed by atoms with Crippen LogP contribution in [0, 0.1) is 0 Å². The number of hydrogen-bond acceptors (Lipinski definition) is 3. The third-order valence-corrected chi connectivity index (χ3v) is 4.05. The highest BCUT2D eigenvalue weighted by Crippen LogP contribution is 2.23. The van der Waals surface area contributed by atoms with Crippen molar-refractivity contribution in [1.82, 2.24) is 5.43 Å². The van der Waals surface area contributed by atoms with Gasteiger partial charge in [0.05, 0.1) is 0 Å². The van der Waals surface area contributed by atoms with Crippen LogP contribution < -0.4 is 11.3 Å². The van der Waals surface area contributed by atoms with Gasteiger partial charge in [-0.2, -0.15) is 0 Å². The van der Waals surface area contributed by atoms with Gasteiger partial charge in [-0.1, -0.05) is 27.6 Å². The topological polar surface area (TPSA) is 38.0 Å². The summed E-state index contributed by atoms with van der Waals surface area (Å²) in [6.45, 7) is 5.96. The second kappa shape index (κ2) is 7.93. The molecule has 1 aromatic carbocycles. The highest BCUT2D eigenvalue weighted by atomic mass is 79.9. The summed E-state index contributed by atoms with van der Waals surface area (Å²) in [4.78, 5) is 1.26. The predicted molar refractivity (Wildman–Crippen MR) is 80.0 cm³/mol. The number of rotatable bonds is 7. The molecule has 17 heavy (non-hydrogen) atoms. The average Bonchev–Trinajstić information content (AvgIpc) is 2.29. The van der Waals surface area contributed by atoms with E-state index in [1.807, 2.05) is 23.9 Å². The van der Waals surface area contributed by atoms with E-state index in [1.54, 1.807) is 0 Å². The Bertz CT molecular complexity index is 368. The van der Waals surface area contributed by atoms with Crippen LogP contribution in [0.3, 0.4) is 0 Å². The van der Waals surface area contributed by atoms with Gasteiger partial charge in [-0.25, -0.2) is 0 Å². The lowest BCUT2D eigenvalue weighted by Crippen LogP contribution is -2.36. The van der Waals surface area contributed by atoms with Crippen LogP contribution >= 0.6 is 27.7 Å². The molecule has 1 unspecified atom stereocenters. The van der Waals surface area contributed by atoms with Gasteiger partial charge in [0.25, 0.3) is 0 Å². The maximum absolute atomic E-state index is 5.55. The lowest BCUT2D eigenvalue weighted by Gasteiger charge is -2.15. The summed E-state index contributed by atoms with van der Waals surface area (Å²) < 4.78 is 1.11. The van der Waals surface area contributed by atoms with E-state index in [2.05, 4.69) is 47.0 Å². The lowest BCUT2D eigenvalue weighted by molar-refractivity contribution is 0.538. The Morgan fingerprint density at radius 3 is 2.94 bits per heavy atom. The zero-order chi connectivity index (χ0) is 12.7. The van der Waals surface area contributed by atoms with Crippen molar-refractivity contribution in [3.05, 3.63) is 40.9 Å². The Morgan fingerprint density at radius 2 is 2.35 bits per heavy atom. The number of thioether (sulfide) groups is 1. The third kappa shape index (κ3) is 6.27. The van der Waals surface area contributed by atoms with E-state index in [1.165, 1.54) is 10.5 Å². The number of hydrogen-bond donors (Lipinski definition) is 2. The zero-order valence-electron chi connectivity index (χ0n) is 10.1. The molecule has 0 fully saturated rings. The molecule has 1 aromatic rings. The van der Waals surface area contributed by atoms with Crippen LogP contribution in [0.1, 0.15) is 19.8 Å². The summed E-state index contributed by atoms with van der Waals surface area (Å²) in [6.07, 6.45) is 2.06. The second-order valence-electron chi connectivity index (χ2n) is 4.13. The molecule has 0 heterocycles. The fourth-order valence-corrected chi connectivity index (χ4v) is 2.98. The van der Waals surface area contributed by atoms with Crippen LogP contribution in [-0.4, -0.2) is 11.8 Å². The molecule has 1 atom stereocenters. The SMILES string of the molecule is C=C(C)CCC(CSc1cccc(Br)c1)NN. The normalized spacial score (nSPS) is 12.4. The largest absolute Gasteiger partial charge is 0.271 e. The minimum atomic E-state index is 0.329. The van der Waals surface area contributed by atoms with Crippen molar-refractivity contribution >= 4 is 27.7 Å². The summed E-state index contributed by atoms with van der Waals surface area (Å²) >= 11 is 5.29. The highest BCUT2D eigenvalue weighted by Gasteiger charge is 2.07. The van der Waals surface area contributed by atoms with Crippen molar-refractivity contribution in [3.63, 3.8) is 0 Å². The van der Waals surface area contributed by atoms with Crippen LogP contribution in [0.2, 0.25) is 0 Å². The molecule has 0 amide bonds. The molecular weight excluding hydrogens is 296 g/mol. The Labute approximate surface area is 116 Å². The second-order valence-corrected chi connectivity index (χ2v) is 6.14. The van der Waals surface area contributed by atoms with E-state index in [-0.39, 0.29) is 0 Å². The van der Waals surface area contributed by atoms with Crippen LogP contribution in [0.5, 0.6) is 0 Å². The highest BCUT2D eigenvalue weighted by molar-refractivity contribution is 9.10. The molecule has 3 N–H and O–H groups in total. The number of benzene rings is 1. The van der Waals surface area contributed by atoms with Crippen molar-refractivity contribution in [3.8, 4) is 0 Å². The smallest absolute Gasteiger partial charge is 0.0307 e. The number of nitrogens with one attached hydrogen (secondary N) is 1. The van der Waals surface area contributed by atoms with E-state index in [0.29, 0.717) is 6.04 Å². The average molecular weight is 315 g/mol. The van der Waals surface area contributed by atoms with Gasteiger partial charge in [0.2, 0.25) is 0 Å². The van der Waals surface area contributed by atoms with Gasteiger partial charge in [0.1, 0.15) is 0 Å². The first kappa shape index (κ1) is 14.8. The minimum absolute atomic E-state index is 0.329. The minimum Gasteiger partial charge on any atom is -0.271 e. The summed E-state index contributed by atoms with van der Waals surface area (Å²) in [5.41, 5.74) is 4.07. The molecule has 1 rings (SSSR count). The van der Waals surface area contributed by atoms with Crippen LogP contribution in [0.4, 0.5) is 0 Å². The van der Waals surface area contributed by atoms with E-state index in [4.69, 9.17) is 5.84 Å². The van der Waals surface area contributed by atoms with Gasteiger partial charge in [-0.3, -0.25) is 11.3 Å². The van der Waals surface area contributed by atoms with Crippen LogP contribution in [-0.2, 0) is 0 Å². The fraction of sp³-hybridized carbons (Fsp3) is 0.385. The number of hydrazine groups is 1. The molecule has 0 aliphatic heterocycles. The molecule has 0 aliphatic rings. The summed E-state index contributed by atoms with van der Waals surface area (Å²) in [6, 6.07) is 8.64. The van der Waals surface area contributed by atoms with E-state index >= 15 is 0 Å². The predicted octanol–water partition coefficient (Wildman–Crippen LogP) is 3.73. The first-order valence-corrected chi connectivity index (χ1v) is 7.38. The molecule has 0 aliphatic carbocycles. The van der Waals surface area contributed by atoms with Gasteiger partial charge < -0.3 is 0 Å². The molecule has 0 radical (unpaired) electrons. The molecule has 94 valence electrons. The van der Waals surface area contributed by atoms with Crippen molar-refractivity contribution in [2.24, 2.45) is 5.84 Å². The van der Waals surface area contributed by atoms with Crippen LogP contribution in [0.25, 0.3) is 0 Å². The van der Waals surface area contributed by atoms with E-state index in [9.17, 15) is 0 Å². The Hall–Kier alpha value is -0.290. The molecule has 0 bridgehead atoms. The lowest BCUT2D eigenvalue weighted by atomic mass is 10.1. The van der Waals surface area contributed by atoms with Crippen LogP contribution in [0.15, 0.2) is 45.8 Å². The van der Waals surface area contributed by atoms with Gasteiger partial charge in [-0.05, 0) is 38.0 Å². The molecular formula is C13H19BrN2S. The molecule has 0 saturated heterocycles. The van der Waals surface area contributed by atoms with Crippen molar-refractivity contribution < 1.29 is 0 Å². The first-order valence-electron chi connectivity index (χ1n) is 5.60. The number of halogens is 1. The molecule has 4 heteroatoms. The van der Waals surface area contributed by atoms with Gasteiger partial charge >= 0.3 is 0 Å². The molecule has 0 saturated carbocycles. The zero-order valence-corrected chi connectivity index (χ0v) is 12.5. The maximum atomic E-state index is 5.55. The quantitative estimate of drug-likeness (QED) is 0.348. The molecule has 0 spiro atoms. The Balaban J connectivity index is 2.39. The summed E-state index contributed by atoms with van der Waals surface area (Å²) in [5.74, 6) is 6.52. The first-order chi connectivity index (χ1) is 8.11. The number of allylic oxidation sites excluding steroid dienone is 1. The number of nitrogens with two attached hydrogens (primary N) is 1. The fourth-order valence-electron chi connectivity index (χ4n) is 1.39. The standard InChI is InChI=1S/C13H19BrN2S/c1-10(2)6-7-12(16-15)9-17-13-5-3-4-11(14)8-13/h3-5,8,12,16H,1,6-7,9,15H2,2H3. The van der Waals surface area contributed by atoms with Gasteiger partial charge in [0, 0.05) is 21.2 Å². The summed E-state index contributed by atoms with van der Waals surface area (Å²) in [7, 11) is 0.